The van der Waals surface area contributed by atoms with Gasteiger partial charge >= 0.3 is 0 Å². The van der Waals surface area contributed by atoms with Crippen LogP contribution in [0.3, 0.4) is 0 Å². The zero-order valence-corrected chi connectivity index (χ0v) is 19.4. The van der Waals surface area contributed by atoms with E-state index in [1.807, 2.05) is 25.1 Å². The van der Waals surface area contributed by atoms with Crippen LogP contribution in [0, 0.1) is 0 Å². The molecule has 0 fully saturated rings. The van der Waals surface area contributed by atoms with E-state index in [1.165, 1.54) is 5.01 Å². The van der Waals surface area contributed by atoms with Gasteiger partial charge in [0, 0.05) is 16.1 Å². The monoisotopic (exact) mass is 424 g/mol. The normalized spacial score (nSPS) is 16.4. The SMILES string of the molecule is CC1=NN(c2ccc(Cl)cc2)C(=O)/C1=C\c1cc(C(C)(C)C)c(O)c(C(C)(C)C)c1. The molecule has 2 aromatic rings. The van der Waals surface area contributed by atoms with Crippen LogP contribution in [0.5, 0.6) is 5.75 Å². The topological polar surface area (TPSA) is 52.9 Å². The van der Waals surface area contributed by atoms with E-state index in [2.05, 4.69) is 46.6 Å². The average molecular weight is 425 g/mol. The predicted octanol–water partition coefficient (Wildman–Crippen LogP) is 6.45. The van der Waals surface area contributed by atoms with Crippen LogP contribution in [0.15, 0.2) is 47.1 Å². The second-order valence-electron chi connectivity index (χ2n) is 9.80. The van der Waals surface area contributed by atoms with Crippen LogP contribution in [0.2, 0.25) is 5.02 Å². The number of anilines is 1. The number of carbonyl (C=O) groups excluding carboxylic acids is 1. The zero-order valence-electron chi connectivity index (χ0n) is 18.7. The van der Waals surface area contributed by atoms with Crippen molar-refractivity contribution in [2.45, 2.75) is 59.3 Å². The summed E-state index contributed by atoms with van der Waals surface area (Å²) in [7, 11) is 0. The van der Waals surface area contributed by atoms with Gasteiger partial charge in [-0.2, -0.15) is 10.1 Å². The summed E-state index contributed by atoms with van der Waals surface area (Å²) in [6, 6.07) is 10.9. The van der Waals surface area contributed by atoms with E-state index in [0.29, 0.717) is 27.7 Å². The summed E-state index contributed by atoms with van der Waals surface area (Å²) < 4.78 is 0. The number of hydrogen-bond donors (Lipinski definition) is 1. The highest BCUT2D eigenvalue weighted by Crippen LogP contribution is 2.40. The molecule has 5 heteroatoms. The Morgan fingerprint density at radius 1 is 0.967 bits per heavy atom. The number of hydrogen-bond acceptors (Lipinski definition) is 3. The summed E-state index contributed by atoms with van der Waals surface area (Å²) in [5.74, 6) is 0.139. The van der Waals surface area contributed by atoms with E-state index in [1.54, 1.807) is 24.3 Å². The molecule has 158 valence electrons. The molecule has 1 aliphatic heterocycles. The molecule has 1 heterocycles. The minimum Gasteiger partial charge on any atom is -0.507 e. The van der Waals surface area contributed by atoms with Gasteiger partial charge in [0.05, 0.1) is 17.0 Å². The first-order valence-corrected chi connectivity index (χ1v) is 10.4. The molecular formula is C25H29ClN2O2. The molecule has 4 nitrogen and oxygen atoms in total. The number of benzene rings is 2. The number of hydrazone groups is 1. The number of rotatable bonds is 2. The molecule has 1 N–H and O–H groups in total. The Balaban J connectivity index is 2.09. The van der Waals surface area contributed by atoms with Gasteiger partial charge < -0.3 is 5.11 Å². The highest BCUT2D eigenvalue weighted by atomic mass is 35.5. The summed E-state index contributed by atoms with van der Waals surface area (Å²) >= 11 is 5.96. The van der Waals surface area contributed by atoms with Crippen molar-refractivity contribution in [3.63, 3.8) is 0 Å². The van der Waals surface area contributed by atoms with Crippen molar-refractivity contribution in [2.75, 3.05) is 5.01 Å². The smallest absolute Gasteiger partial charge is 0.280 e. The molecule has 0 saturated carbocycles. The van der Waals surface area contributed by atoms with E-state index >= 15 is 0 Å². The van der Waals surface area contributed by atoms with E-state index in [9.17, 15) is 9.90 Å². The van der Waals surface area contributed by atoms with E-state index in [0.717, 1.165) is 16.7 Å². The molecule has 0 unspecified atom stereocenters. The number of aromatic hydroxyl groups is 1. The molecule has 1 amide bonds. The van der Waals surface area contributed by atoms with E-state index in [4.69, 9.17) is 11.6 Å². The largest absolute Gasteiger partial charge is 0.507 e. The predicted molar refractivity (Wildman–Crippen MR) is 126 cm³/mol. The van der Waals surface area contributed by atoms with Crippen molar-refractivity contribution >= 4 is 35.0 Å². The molecule has 0 aliphatic carbocycles. The molecule has 0 spiro atoms. The van der Waals surface area contributed by atoms with Crippen molar-refractivity contribution in [3.05, 3.63) is 63.7 Å². The second-order valence-corrected chi connectivity index (χ2v) is 10.2. The molecule has 0 saturated heterocycles. The molecule has 2 aromatic carbocycles. The van der Waals surface area contributed by atoms with Crippen LogP contribution in [0.25, 0.3) is 6.08 Å². The van der Waals surface area contributed by atoms with Gasteiger partial charge in [-0.1, -0.05) is 53.1 Å². The van der Waals surface area contributed by atoms with Crippen LogP contribution in [-0.2, 0) is 15.6 Å². The van der Waals surface area contributed by atoms with Crippen LogP contribution in [0.1, 0.15) is 65.2 Å². The molecule has 3 rings (SSSR count). The minimum atomic E-state index is -0.239. The third kappa shape index (κ3) is 4.29. The Morgan fingerprint density at radius 2 is 1.47 bits per heavy atom. The number of halogens is 1. The van der Waals surface area contributed by atoms with Gasteiger partial charge in [0.25, 0.3) is 5.91 Å². The molecule has 0 aromatic heterocycles. The van der Waals surface area contributed by atoms with Gasteiger partial charge in [0.15, 0.2) is 0 Å². The summed E-state index contributed by atoms with van der Waals surface area (Å²) in [5, 5.41) is 17.4. The van der Waals surface area contributed by atoms with Crippen molar-refractivity contribution in [1.82, 2.24) is 0 Å². The molecular weight excluding hydrogens is 396 g/mol. The Labute approximate surface area is 183 Å². The summed E-state index contributed by atoms with van der Waals surface area (Å²) in [4.78, 5) is 13.1. The molecule has 30 heavy (non-hydrogen) atoms. The van der Waals surface area contributed by atoms with Gasteiger partial charge in [-0.25, -0.2) is 0 Å². The fourth-order valence-corrected chi connectivity index (χ4v) is 3.62. The fraction of sp³-hybridized carbons (Fsp3) is 0.360. The minimum absolute atomic E-state index is 0.183. The number of carbonyl (C=O) groups is 1. The first-order valence-electron chi connectivity index (χ1n) is 10.0. The Morgan fingerprint density at radius 3 is 1.93 bits per heavy atom. The van der Waals surface area contributed by atoms with Gasteiger partial charge in [-0.15, -0.1) is 0 Å². The van der Waals surface area contributed by atoms with Gasteiger partial charge in [-0.05, 0) is 65.8 Å². The van der Waals surface area contributed by atoms with Crippen LogP contribution < -0.4 is 5.01 Å². The lowest BCUT2D eigenvalue weighted by Gasteiger charge is -2.28. The molecule has 1 aliphatic rings. The third-order valence-corrected chi connectivity index (χ3v) is 5.45. The average Bonchev–Trinajstić information content (AvgIpc) is 2.90. The van der Waals surface area contributed by atoms with Crippen molar-refractivity contribution in [2.24, 2.45) is 5.10 Å². The van der Waals surface area contributed by atoms with Crippen LogP contribution >= 0.6 is 11.6 Å². The zero-order chi connectivity index (χ0) is 22.4. The lowest BCUT2D eigenvalue weighted by molar-refractivity contribution is -0.114. The lowest BCUT2D eigenvalue weighted by atomic mass is 9.78. The molecule has 0 radical (unpaired) electrons. The Kier molecular flexibility index (Phi) is 5.59. The van der Waals surface area contributed by atoms with Crippen LogP contribution in [0.4, 0.5) is 5.69 Å². The first-order chi connectivity index (χ1) is 13.8. The number of phenols is 1. The highest BCUT2D eigenvalue weighted by molar-refractivity contribution is 6.32. The maximum atomic E-state index is 13.1. The summed E-state index contributed by atoms with van der Waals surface area (Å²) in [6.07, 6.45) is 1.86. The van der Waals surface area contributed by atoms with Crippen molar-refractivity contribution in [1.29, 1.82) is 0 Å². The maximum absolute atomic E-state index is 13.1. The number of nitrogens with zero attached hydrogens (tertiary/aromatic N) is 2. The Hall–Kier alpha value is -2.59. The summed E-state index contributed by atoms with van der Waals surface area (Å²) in [5.41, 5.74) is 3.97. The number of amides is 1. The number of phenolic OH excluding ortho intramolecular Hbond substituents is 1. The molecule has 0 atom stereocenters. The maximum Gasteiger partial charge on any atom is 0.280 e. The summed E-state index contributed by atoms with van der Waals surface area (Å²) in [6.45, 7) is 14.3. The van der Waals surface area contributed by atoms with Gasteiger partial charge in [0.1, 0.15) is 5.75 Å². The van der Waals surface area contributed by atoms with Gasteiger partial charge in [0.2, 0.25) is 0 Å². The van der Waals surface area contributed by atoms with Gasteiger partial charge in [-0.3, -0.25) is 4.79 Å². The first kappa shape index (κ1) is 22.1. The standard InChI is InChI=1S/C25H29ClN2O2/c1-15-19(23(30)28(27-15)18-10-8-17(26)9-11-18)12-16-13-20(24(2,3)4)22(29)21(14-16)25(5,6)7/h8-14,29H,1-7H3/b19-12-. The lowest BCUT2D eigenvalue weighted by Crippen LogP contribution is -2.21. The van der Waals surface area contributed by atoms with E-state index < -0.39 is 0 Å². The quantitative estimate of drug-likeness (QED) is 0.563. The van der Waals surface area contributed by atoms with E-state index in [-0.39, 0.29) is 16.7 Å². The second kappa shape index (κ2) is 7.59. The van der Waals surface area contributed by atoms with Crippen molar-refractivity contribution in [3.8, 4) is 5.75 Å². The highest BCUT2D eigenvalue weighted by Gasteiger charge is 2.30. The van der Waals surface area contributed by atoms with Crippen LogP contribution in [-0.4, -0.2) is 16.7 Å². The Bertz CT molecular complexity index is 1020. The van der Waals surface area contributed by atoms with Crippen molar-refractivity contribution < 1.29 is 9.90 Å². The molecule has 0 bridgehead atoms. The third-order valence-electron chi connectivity index (χ3n) is 5.19. The fourth-order valence-electron chi connectivity index (χ4n) is 3.49.